The van der Waals surface area contributed by atoms with Gasteiger partial charge in [0.2, 0.25) is 10.0 Å². The maximum atomic E-state index is 13.8. The van der Waals surface area contributed by atoms with E-state index >= 15 is 0 Å². The Labute approximate surface area is 124 Å². The van der Waals surface area contributed by atoms with E-state index in [0.29, 0.717) is 13.0 Å². The number of halogens is 1. The smallest absolute Gasteiger partial charge is 0.243 e. The molecule has 1 saturated heterocycles. The summed E-state index contributed by atoms with van der Waals surface area (Å²) in [5.74, 6) is -0.611. The number of ether oxygens (including phenoxy) is 1. The van der Waals surface area contributed by atoms with Crippen molar-refractivity contribution in [1.82, 2.24) is 4.31 Å². The Morgan fingerprint density at radius 3 is 2.71 bits per heavy atom. The quantitative estimate of drug-likeness (QED) is 0.865. The van der Waals surface area contributed by atoms with E-state index in [1.165, 1.54) is 17.3 Å². The SMILES string of the molecule is COC1(C)CCCN(S(=O)(=O)c2cc(N)cc(F)c2C)C1. The van der Waals surface area contributed by atoms with Crippen molar-refractivity contribution >= 4 is 15.7 Å². The molecule has 1 aromatic carbocycles. The first-order valence-corrected chi connectivity index (χ1v) is 8.24. The number of sulfonamides is 1. The van der Waals surface area contributed by atoms with Crippen LogP contribution in [-0.4, -0.2) is 38.5 Å². The molecule has 0 aromatic heterocycles. The van der Waals surface area contributed by atoms with Gasteiger partial charge in [-0.1, -0.05) is 0 Å². The highest BCUT2D eigenvalue weighted by Gasteiger charge is 2.37. The molecule has 0 aliphatic carbocycles. The van der Waals surface area contributed by atoms with Crippen LogP contribution < -0.4 is 5.73 Å². The minimum atomic E-state index is -3.79. The number of anilines is 1. The summed E-state index contributed by atoms with van der Waals surface area (Å²) in [6.45, 7) is 3.97. The van der Waals surface area contributed by atoms with Crippen LogP contribution in [0.4, 0.5) is 10.1 Å². The van der Waals surface area contributed by atoms with Gasteiger partial charge in [0.05, 0.1) is 10.5 Å². The van der Waals surface area contributed by atoms with Gasteiger partial charge in [-0.25, -0.2) is 12.8 Å². The van der Waals surface area contributed by atoms with Gasteiger partial charge in [0.25, 0.3) is 0 Å². The van der Waals surface area contributed by atoms with E-state index in [-0.39, 0.29) is 22.7 Å². The molecule has 1 fully saturated rings. The lowest BCUT2D eigenvalue weighted by atomic mass is 9.96. The molecule has 5 nitrogen and oxygen atoms in total. The Morgan fingerprint density at radius 2 is 2.10 bits per heavy atom. The summed E-state index contributed by atoms with van der Waals surface area (Å²) < 4.78 is 46.1. The van der Waals surface area contributed by atoms with Crippen LogP contribution in [0.2, 0.25) is 0 Å². The summed E-state index contributed by atoms with van der Waals surface area (Å²) in [5.41, 5.74) is 5.26. The van der Waals surface area contributed by atoms with Crippen LogP contribution in [0, 0.1) is 12.7 Å². The monoisotopic (exact) mass is 316 g/mol. The van der Waals surface area contributed by atoms with Gasteiger partial charge in [0.1, 0.15) is 5.82 Å². The van der Waals surface area contributed by atoms with E-state index in [2.05, 4.69) is 0 Å². The van der Waals surface area contributed by atoms with Crippen molar-refractivity contribution < 1.29 is 17.5 Å². The second-order valence-corrected chi connectivity index (χ2v) is 7.63. The molecule has 1 heterocycles. The third kappa shape index (κ3) is 3.04. The predicted octanol–water partition coefficient (Wildman–Crippen LogP) is 1.91. The average Bonchev–Trinajstić information content (AvgIpc) is 2.42. The largest absolute Gasteiger partial charge is 0.399 e. The Kier molecular flexibility index (Phi) is 4.28. The van der Waals surface area contributed by atoms with Crippen LogP contribution in [0.25, 0.3) is 0 Å². The molecule has 0 spiro atoms. The molecule has 0 saturated carbocycles. The molecular formula is C14H21FN2O3S. The van der Waals surface area contributed by atoms with Crippen molar-refractivity contribution in [2.75, 3.05) is 25.9 Å². The minimum Gasteiger partial charge on any atom is -0.399 e. The van der Waals surface area contributed by atoms with E-state index in [0.717, 1.165) is 12.5 Å². The summed E-state index contributed by atoms with van der Waals surface area (Å²) in [4.78, 5) is -0.0691. The standard InChI is InChI=1S/C14H21FN2O3S/c1-10-12(15)7-11(16)8-13(10)21(18,19)17-6-4-5-14(2,9-17)20-3/h7-8H,4-6,9,16H2,1-3H3. The summed E-state index contributed by atoms with van der Waals surface area (Å²) >= 11 is 0. The molecule has 0 bridgehead atoms. The number of nitrogen functional groups attached to an aromatic ring is 1. The Balaban J connectivity index is 2.43. The molecule has 1 unspecified atom stereocenters. The molecule has 2 rings (SSSR count). The second-order valence-electron chi connectivity index (χ2n) is 5.72. The molecule has 1 aliphatic rings. The van der Waals surface area contributed by atoms with Gasteiger partial charge in [0.15, 0.2) is 0 Å². The van der Waals surface area contributed by atoms with Crippen LogP contribution in [0.5, 0.6) is 0 Å². The molecule has 0 radical (unpaired) electrons. The van der Waals surface area contributed by atoms with E-state index < -0.39 is 21.4 Å². The van der Waals surface area contributed by atoms with Crippen LogP contribution >= 0.6 is 0 Å². The third-order valence-corrected chi connectivity index (χ3v) is 6.02. The zero-order chi connectivity index (χ0) is 15.8. The average molecular weight is 316 g/mol. The van der Waals surface area contributed by atoms with Crippen molar-refractivity contribution in [2.24, 2.45) is 0 Å². The number of piperidine rings is 1. The highest BCUT2D eigenvalue weighted by molar-refractivity contribution is 7.89. The summed E-state index contributed by atoms with van der Waals surface area (Å²) in [5, 5.41) is 0. The first kappa shape index (κ1) is 16.2. The maximum Gasteiger partial charge on any atom is 0.243 e. The molecule has 2 N–H and O–H groups in total. The predicted molar refractivity (Wildman–Crippen MR) is 79.0 cm³/mol. The topological polar surface area (TPSA) is 72.6 Å². The molecule has 7 heteroatoms. The Bertz CT molecular complexity index is 648. The van der Waals surface area contributed by atoms with Gasteiger partial charge < -0.3 is 10.5 Å². The minimum absolute atomic E-state index is 0.0691. The normalized spacial score (nSPS) is 24.2. The summed E-state index contributed by atoms with van der Waals surface area (Å²) in [7, 11) is -2.21. The zero-order valence-corrected chi connectivity index (χ0v) is 13.3. The Hall–Kier alpha value is -1.18. The lowest BCUT2D eigenvalue weighted by Gasteiger charge is -2.38. The van der Waals surface area contributed by atoms with Crippen LogP contribution in [0.15, 0.2) is 17.0 Å². The number of benzene rings is 1. The van der Waals surface area contributed by atoms with Crippen LogP contribution in [-0.2, 0) is 14.8 Å². The second kappa shape index (κ2) is 5.55. The third-order valence-electron chi connectivity index (χ3n) is 4.05. The lowest BCUT2D eigenvalue weighted by molar-refractivity contribution is -0.0319. The molecule has 1 aromatic rings. The number of rotatable bonds is 3. The number of hydrogen-bond acceptors (Lipinski definition) is 4. The molecule has 21 heavy (non-hydrogen) atoms. The van der Waals surface area contributed by atoms with Crippen molar-refractivity contribution in [2.45, 2.75) is 37.2 Å². The lowest BCUT2D eigenvalue weighted by Crippen LogP contribution is -2.49. The van der Waals surface area contributed by atoms with Crippen molar-refractivity contribution in [1.29, 1.82) is 0 Å². The zero-order valence-electron chi connectivity index (χ0n) is 12.5. The maximum absolute atomic E-state index is 13.8. The first-order valence-electron chi connectivity index (χ1n) is 6.80. The first-order chi connectivity index (χ1) is 9.69. The molecular weight excluding hydrogens is 295 g/mol. The van der Waals surface area contributed by atoms with Crippen molar-refractivity contribution in [3.63, 3.8) is 0 Å². The van der Waals surface area contributed by atoms with Gasteiger partial charge in [-0.3, -0.25) is 0 Å². The number of nitrogens with two attached hydrogens (primary N) is 1. The highest BCUT2D eigenvalue weighted by Crippen LogP contribution is 2.31. The highest BCUT2D eigenvalue weighted by atomic mass is 32.2. The van der Waals surface area contributed by atoms with E-state index in [9.17, 15) is 12.8 Å². The van der Waals surface area contributed by atoms with Crippen molar-refractivity contribution in [3.8, 4) is 0 Å². The van der Waals surface area contributed by atoms with Crippen LogP contribution in [0.3, 0.4) is 0 Å². The summed E-state index contributed by atoms with van der Waals surface area (Å²) in [6, 6.07) is 2.44. The fraction of sp³-hybridized carbons (Fsp3) is 0.571. The van der Waals surface area contributed by atoms with E-state index in [4.69, 9.17) is 10.5 Å². The van der Waals surface area contributed by atoms with Gasteiger partial charge in [-0.05, 0) is 38.8 Å². The molecule has 1 aliphatic heterocycles. The molecule has 118 valence electrons. The number of hydrogen-bond donors (Lipinski definition) is 1. The van der Waals surface area contributed by atoms with Gasteiger partial charge in [-0.2, -0.15) is 4.31 Å². The fourth-order valence-electron chi connectivity index (χ4n) is 2.61. The van der Waals surface area contributed by atoms with Gasteiger partial charge in [-0.15, -0.1) is 0 Å². The number of methoxy groups -OCH3 is 1. The molecule has 1 atom stereocenters. The molecule has 0 amide bonds. The fourth-order valence-corrected chi connectivity index (χ4v) is 4.47. The summed E-state index contributed by atoms with van der Waals surface area (Å²) in [6.07, 6.45) is 1.49. The Morgan fingerprint density at radius 1 is 1.43 bits per heavy atom. The van der Waals surface area contributed by atoms with Gasteiger partial charge in [0, 0.05) is 31.5 Å². The van der Waals surface area contributed by atoms with E-state index in [1.807, 2.05) is 6.92 Å². The van der Waals surface area contributed by atoms with E-state index in [1.54, 1.807) is 7.11 Å². The van der Waals surface area contributed by atoms with Crippen molar-refractivity contribution in [3.05, 3.63) is 23.5 Å². The van der Waals surface area contributed by atoms with Crippen LogP contribution in [0.1, 0.15) is 25.3 Å². The van der Waals surface area contributed by atoms with Gasteiger partial charge >= 0.3 is 0 Å². The number of nitrogens with zero attached hydrogens (tertiary/aromatic N) is 1.